The fourth-order valence-electron chi connectivity index (χ4n) is 2.78. The maximum Gasteiger partial charge on any atom is 0.240 e. The van der Waals surface area contributed by atoms with E-state index < -0.39 is 0 Å². The van der Waals surface area contributed by atoms with Gasteiger partial charge in [0.15, 0.2) is 0 Å². The molecule has 4 nitrogen and oxygen atoms in total. The average Bonchev–Trinajstić information content (AvgIpc) is 2.62. The molecule has 1 amide bonds. The normalized spacial score (nSPS) is 11.5. The predicted molar refractivity (Wildman–Crippen MR) is 105 cm³/mol. The number of phenolic OH excluding ortho intramolecular Hbond substituents is 1. The van der Waals surface area contributed by atoms with E-state index in [0.29, 0.717) is 6.42 Å². The second-order valence-corrected chi connectivity index (χ2v) is 6.57. The molecule has 0 unspecified atom stereocenters. The van der Waals surface area contributed by atoms with Crippen molar-refractivity contribution in [2.45, 2.75) is 84.5 Å². The van der Waals surface area contributed by atoms with E-state index in [1.807, 2.05) is 19.1 Å². The molecule has 0 fully saturated rings. The van der Waals surface area contributed by atoms with Gasteiger partial charge in [-0.1, -0.05) is 65.2 Å². The lowest BCUT2D eigenvalue weighted by Gasteiger charge is -2.06. The van der Waals surface area contributed by atoms with Crippen molar-refractivity contribution >= 4 is 11.6 Å². The van der Waals surface area contributed by atoms with Crippen LogP contribution in [0.5, 0.6) is 5.75 Å². The highest BCUT2D eigenvalue weighted by Gasteiger charge is 2.04. The Bertz CT molecular complexity index is 509. The van der Waals surface area contributed by atoms with Crippen LogP contribution in [0.25, 0.3) is 0 Å². The van der Waals surface area contributed by atoms with Gasteiger partial charge in [-0.3, -0.25) is 4.79 Å². The number of nitrogens with zero attached hydrogens (tertiary/aromatic N) is 1. The molecule has 1 aromatic carbocycles. The Kier molecular flexibility index (Phi) is 11.4. The van der Waals surface area contributed by atoms with Crippen LogP contribution in [0.1, 0.15) is 90.0 Å². The zero-order chi connectivity index (χ0) is 18.3. The lowest BCUT2D eigenvalue weighted by molar-refractivity contribution is -0.121. The Morgan fingerprint density at radius 3 is 2.04 bits per heavy atom. The maximum atomic E-state index is 11.9. The smallest absolute Gasteiger partial charge is 0.240 e. The molecule has 1 aromatic rings. The molecule has 0 saturated heterocycles. The zero-order valence-electron chi connectivity index (χ0n) is 15.9. The topological polar surface area (TPSA) is 61.7 Å². The molecule has 0 aliphatic carbocycles. The van der Waals surface area contributed by atoms with Crippen LogP contribution in [0.3, 0.4) is 0 Å². The summed E-state index contributed by atoms with van der Waals surface area (Å²) in [4.78, 5) is 11.9. The fraction of sp³-hybridized carbons (Fsp3) is 0.619. The van der Waals surface area contributed by atoms with Gasteiger partial charge in [0, 0.05) is 6.42 Å². The van der Waals surface area contributed by atoms with Crippen LogP contribution < -0.4 is 5.43 Å². The number of amides is 1. The molecule has 1 rings (SSSR count). The summed E-state index contributed by atoms with van der Waals surface area (Å²) in [6, 6.07) is 6.88. The molecule has 0 aromatic heterocycles. The second-order valence-electron chi connectivity index (χ2n) is 6.57. The highest BCUT2D eigenvalue weighted by molar-refractivity contribution is 6.00. The molecule has 0 aliphatic rings. The van der Waals surface area contributed by atoms with Gasteiger partial charge in [-0.25, -0.2) is 5.43 Å². The second kappa shape index (κ2) is 13.5. The summed E-state index contributed by atoms with van der Waals surface area (Å²) in [6.07, 6.45) is 12.5. The fourth-order valence-corrected chi connectivity index (χ4v) is 2.78. The molecule has 0 bridgehead atoms. The van der Waals surface area contributed by atoms with Crippen molar-refractivity contribution in [2.75, 3.05) is 0 Å². The number of nitrogens with one attached hydrogen (secondary N) is 1. The maximum absolute atomic E-state index is 11.9. The highest BCUT2D eigenvalue weighted by Crippen LogP contribution is 2.12. The molecule has 2 N–H and O–H groups in total. The quantitative estimate of drug-likeness (QED) is 0.280. The van der Waals surface area contributed by atoms with E-state index in [9.17, 15) is 9.90 Å². The number of rotatable bonds is 13. The van der Waals surface area contributed by atoms with Crippen molar-refractivity contribution in [1.82, 2.24) is 5.43 Å². The van der Waals surface area contributed by atoms with E-state index >= 15 is 0 Å². The number of hydrogen-bond acceptors (Lipinski definition) is 3. The largest absolute Gasteiger partial charge is 0.508 e. The third kappa shape index (κ3) is 9.90. The van der Waals surface area contributed by atoms with Gasteiger partial charge in [0.25, 0.3) is 0 Å². The van der Waals surface area contributed by atoms with Crippen LogP contribution in [0.4, 0.5) is 0 Å². The Balaban J connectivity index is 2.17. The van der Waals surface area contributed by atoms with Crippen LogP contribution in [0.15, 0.2) is 29.4 Å². The average molecular weight is 347 g/mol. The Morgan fingerprint density at radius 2 is 1.48 bits per heavy atom. The van der Waals surface area contributed by atoms with Gasteiger partial charge in [-0.2, -0.15) is 5.10 Å². The van der Waals surface area contributed by atoms with Gasteiger partial charge in [0.1, 0.15) is 5.75 Å². The molecule has 4 heteroatoms. The number of aromatic hydroxyl groups is 1. The van der Waals surface area contributed by atoms with Crippen LogP contribution in [0, 0.1) is 0 Å². The first kappa shape index (κ1) is 21.2. The van der Waals surface area contributed by atoms with Crippen molar-refractivity contribution in [2.24, 2.45) is 5.10 Å². The first-order valence-electron chi connectivity index (χ1n) is 9.82. The molecule has 0 spiro atoms. The molecule has 0 heterocycles. The SMILES string of the molecule is CCCCCCCCCCCC(=O)N/N=C(\CC)c1ccc(O)cc1. The Hall–Kier alpha value is -1.84. The van der Waals surface area contributed by atoms with Gasteiger partial charge in [-0.05, 0) is 42.7 Å². The minimum Gasteiger partial charge on any atom is -0.508 e. The standard InChI is InChI=1S/C21H34N2O2/c1-3-5-6-7-8-9-10-11-12-13-21(25)23-22-20(4-2)18-14-16-19(24)17-15-18/h14-17,24H,3-13H2,1-2H3,(H,23,25)/b22-20+. The molecule has 0 radical (unpaired) electrons. The van der Waals surface area contributed by atoms with Crippen molar-refractivity contribution in [3.63, 3.8) is 0 Å². The summed E-state index contributed by atoms with van der Waals surface area (Å²) >= 11 is 0. The lowest BCUT2D eigenvalue weighted by Crippen LogP contribution is -2.19. The van der Waals surface area contributed by atoms with Crippen molar-refractivity contribution in [1.29, 1.82) is 0 Å². The van der Waals surface area contributed by atoms with Gasteiger partial charge >= 0.3 is 0 Å². The summed E-state index contributed by atoms with van der Waals surface area (Å²) in [6.45, 7) is 4.24. The number of benzene rings is 1. The van der Waals surface area contributed by atoms with Gasteiger partial charge < -0.3 is 5.11 Å². The van der Waals surface area contributed by atoms with E-state index in [-0.39, 0.29) is 11.7 Å². The molecule has 25 heavy (non-hydrogen) atoms. The minimum absolute atomic E-state index is 0.0207. The third-order valence-electron chi connectivity index (χ3n) is 4.36. The third-order valence-corrected chi connectivity index (χ3v) is 4.36. The Labute approximate surface area is 152 Å². The van der Waals surface area contributed by atoms with Crippen molar-refractivity contribution in [3.8, 4) is 5.75 Å². The van der Waals surface area contributed by atoms with E-state index in [4.69, 9.17) is 0 Å². The number of carbonyl (C=O) groups excluding carboxylic acids is 1. The molecule has 140 valence electrons. The van der Waals surface area contributed by atoms with E-state index in [2.05, 4.69) is 17.5 Å². The summed E-state index contributed by atoms with van der Waals surface area (Å²) in [5.74, 6) is 0.210. The van der Waals surface area contributed by atoms with Crippen LogP contribution in [0.2, 0.25) is 0 Å². The van der Waals surface area contributed by atoms with E-state index in [0.717, 1.165) is 30.5 Å². The molecule has 0 atom stereocenters. The summed E-state index contributed by atoms with van der Waals surface area (Å²) in [5, 5.41) is 13.6. The van der Waals surface area contributed by atoms with Crippen molar-refractivity contribution in [3.05, 3.63) is 29.8 Å². The van der Waals surface area contributed by atoms with Gasteiger partial charge in [-0.15, -0.1) is 0 Å². The first-order chi connectivity index (χ1) is 12.2. The molecule has 0 aliphatic heterocycles. The predicted octanol–water partition coefficient (Wildman–Crippen LogP) is 5.54. The number of carbonyl (C=O) groups is 1. The molecular formula is C21H34N2O2. The number of hydrazone groups is 1. The van der Waals surface area contributed by atoms with Crippen LogP contribution in [-0.4, -0.2) is 16.7 Å². The highest BCUT2D eigenvalue weighted by atomic mass is 16.3. The summed E-state index contributed by atoms with van der Waals surface area (Å²) < 4.78 is 0. The minimum atomic E-state index is -0.0207. The van der Waals surface area contributed by atoms with Gasteiger partial charge in [0.05, 0.1) is 5.71 Å². The summed E-state index contributed by atoms with van der Waals surface area (Å²) in [5.41, 5.74) is 4.40. The monoisotopic (exact) mass is 346 g/mol. The van der Waals surface area contributed by atoms with Crippen LogP contribution in [-0.2, 0) is 4.79 Å². The zero-order valence-corrected chi connectivity index (χ0v) is 15.9. The summed E-state index contributed by atoms with van der Waals surface area (Å²) in [7, 11) is 0. The van der Waals surface area contributed by atoms with E-state index in [1.165, 1.54) is 44.9 Å². The first-order valence-corrected chi connectivity index (χ1v) is 9.82. The number of phenols is 1. The lowest BCUT2D eigenvalue weighted by atomic mass is 10.1. The molecular weight excluding hydrogens is 312 g/mol. The van der Waals surface area contributed by atoms with Gasteiger partial charge in [0.2, 0.25) is 5.91 Å². The molecule has 0 saturated carbocycles. The van der Waals surface area contributed by atoms with Crippen LogP contribution >= 0.6 is 0 Å². The van der Waals surface area contributed by atoms with E-state index in [1.54, 1.807) is 12.1 Å². The number of unbranched alkanes of at least 4 members (excludes halogenated alkanes) is 8. The van der Waals surface area contributed by atoms with Crippen molar-refractivity contribution < 1.29 is 9.90 Å². The Morgan fingerprint density at radius 1 is 0.920 bits per heavy atom. The number of hydrogen-bond donors (Lipinski definition) is 2.